The van der Waals surface area contributed by atoms with Crippen LogP contribution in [0.1, 0.15) is 73.6 Å². The molecule has 8 rings (SSSR count). The van der Waals surface area contributed by atoms with E-state index >= 15 is 0 Å². The third-order valence-corrected chi connectivity index (χ3v) is 12.2. The van der Waals surface area contributed by atoms with Crippen molar-refractivity contribution in [1.29, 1.82) is 0 Å². The predicted molar refractivity (Wildman–Crippen MR) is 226 cm³/mol. The van der Waals surface area contributed by atoms with Crippen molar-refractivity contribution in [2.75, 3.05) is 0 Å². The highest BCUT2D eigenvalue weighted by atomic mass is 16.3. The summed E-state index contributed by atoms with van der Waals surface area (Å²) in [6.45, 7) is 2.13. The zero-order valence-corrected chi connectivity index (χ0v) is 32.0. The van der Waals surface area contributed by atoms with Gasteiger partial charge < -0.3 is 41.7 Å². The van der Waals surface area contributed by atoms with E-state index in [1.807, 2.05) is 72.8 Å². The average Bonchev–Trinajstić information content (AvgIpc) is 3.23. The zero-order valence-electron chi connectivity index (χ0n) is 32.0. The fraction of sp³-hybridized carbons (Fsp3) is 0.333. The van der Waals surface area contributed by atoms with E-state index in [0.717, 1.165) is 95.2 Å². The van der Waals surface area contributed by atoms with Gasteiger partial charge in [0.05, 0.1) is 0 Å². The minimum atomic E-state index is 0.178. The lowest BCUT2D eigenvalue weighted by atomic mass is 9.87. The molecule has 2 aliphatic carbocycles. The number of para-hydroxylation sites is 2. The van der Waals surface area contributed by atoms with E-state index < -0.39 is 0 Å². The largest absolute Gasteiger partial charge is 0.508 e. The van der Waals surface area contributed by atoms with Crippen molar-refractivity contribution in [2.24, 2.45) is 0 Å². The quantitative estimate of drug-likeness (QED) is 0.0588. The van der Waals surface area contributed by atoms with Crippen molar-refractivity contribution >= 4 is 21.5 Å². The van der Waals surface area contributed by atoms with Crippen LogP contribution in [0, 0.1) is 0 Å². The van der Waals surface area contributed by atoms with Crippen LogP contribution in [-0.2, 0) is 26.2 Å². The monoisotopic (exact) mass is 750 g/mol. The molecule has 8 nitrogen and oxygen atoms in total. The third-order valence-electron chi connectivity index (χ3n) is 12.2. The Kier molecular flexibility index (Phi) is 11.7. The van der Waals surface area contributed by atoms with Crippen LogP contribution in [0.5, 0.6) is 23.0 Å². The highest BCUT2D eigenvalue weighted by Gasteiger charge is 2.28. The number of phenols is 4. The summed E-state index contributed by atoms with van der Waals surface area (Å²) in [6.07, 6.45) is 8.68. The minimum absolute atomic E-state index is 0.178. The fourth-order valence-electron chi connectivity index (χ4n) is 9.09. The van der Waals surface area contributed by atoms with E-state index in [9.17, 15) is 20.4 Å². The number of phenolic OH excluding ortho intramolecular Hbond substituents is 4. The van der Waals surface area contributed by atoms with Crippen molar-refractivity contribution in [3.05, 3.63) is 131 Å². The summed E-state index contributed by atoms with van der Waals surface area (Å²) in [4.78, 5) is 0. The Morgan fingerprint density at radius 1 is 0.393 bits per heavy atom. The SMILES string of the molecule is Oc1ccccc1CN[C@@H]1CCCC[C@H]1NCc1cc2ccccc2c(-c2c(O)c(CN[C@@H]3CCCC[C@H]3NCc3ccccc3O)cc3ccccc23)c1O. The van der Waals surface area contributed by atoms with Crippen molar-refractivity contribution in [1.82, 2.24) is 21.3 Å². The summed E-state index contributed by atoms with van der Waals surface area (Å²) >= 11 is 0. The number of rotatable bonds is 13. The molecule has 2 fully saturated rings. The van der Waals surface area contributed by atoms with E-state index in [1.54, 1.807) is 12.1 Å². The molecule has 6 aromatic carbocycles. The number of benzene rings is 6. The van der Waals surface area contributed by atoms with E-state index in [0.29, 0.717) is 48.8 Å². The first kappa shape index (κ1) is 37.8. The number of hydrogen-bond acceptors (Lipinski definition) is 8. The van der Waals surface area contributed by atoms with E-state index in [1.165, 1.54) is 0 Å². The smallest absolute Gasteiger partial charge is 0.128 e. The molecular weight excluding hydrogens is 697 g/mol. The summed E-state index contributed by atoms with van der Waals surface area (Å²) in [5.74, 6) is 0.968. The van der Waals surface area contributed by atoms with Gasteiger partial charge in [0.1, 0.15) is 23.0 Å². The lowest BCUT2D eigenvalue weighted by Gasteiger charge is -2.33. The van der Waals surface area contributed by atoms with Gasteiger partial charge in [-0.3, -0.25) is 0 Å². The Hall–Kier alpha value is -5.12. The molecule has 2 aliphatic rings. The summed E-state index contributed by atoms with van der Waals surface area (Å²) in [7, 11) is 0. The molecule has 8 heteroatoms. The number of nitrogens with one attached hydrogen (secondary N) is 4. The van der Waals surface area contributed by atoms with Gasteiger partial charge in [-0.05, 0) is 71.5 Å². The molecule has 6 aromatic rings. The maximum atomic E-state index is 12.3. The Morgan fingerprint density at radius 3 is 1.09 bits per heavy atom. The third kappa shape index (κ3) is 8.20. The van der Waals surface area contributed by atoms with Gasteiger partial charge in [-0.1, -0.05) is 111 Å². The number of fused-ring (bicyclic) bond motifs is 2. The minimum Gasteiger partial charge on any atom is -0.508 e. The van der Waals surface area contributed by atoms with Gasteiger partial charge in [0, 0.05) is 83.7 Å². The van der Waals surface area contributed by atoms with Gasteiger partial charge >= 0.3 is 0 Å². The van der Waals surface area contributed by atoms with Gasteiger partial charge in [-0.2, -0.15) is 0 Å². The molecular formula is C48H54N4O4. The Balaban J connectivity index is 1.07. The van der Waals surface area contributed by atoms with Crippen LogP contribution in [0.3, 0.4) is 0 Å². The van der Waals surface area contributed by atoms with Crippen LogP contribution in [-0.4, -0.2) is 44.6 Å². The molecule has 0 radical (unpaired) electrons. The summed E-state index contributed by atoms with van der Waals surface area (Å²) in [6, 6.07) is 36.2. The van der Waals surface area contributed by atoms with Crippen LogP contribution in [0.15, 0.2) is 109 Å². The molecule has 4 atom stereocenters. The normalized spacial score (nSPS) is 20.1. The average molecular weight is 751 g/mol. The molecule has 0 saturated heterocycles. The van der Waals surface area contributed by atoms with E-state index in [2.05, 4.69) is 45.5 Å². The molecule has 0 aliphatic heterocycles. The summed E-state index contributed by atoms with van der Waals surface area (Å²) in [5, 5.41) is 64.1. The predicted octanol–water partition coefficient (Wildman–Crippen LogP) is 8.86. The maximum absolute atomic E-state index is 12.3. The molecule has 0 heterocycles. The van der Waals surface area contributed by atoms with Gasteiger partial charge in [-0.15, -0.1) is 0 Å². The first-order valence-corrected chi connectivity index (χ1v) is 20.4. The topological polar surface area (TPSA) is 129 Å². The van der Waals surface area contributed by atoms with Crippen molar-refractivity contribution in [3.63, 3.8) is 0 Å². The lowest BCUT2D eigenvalue weighted by molar-refractivity contribution is 0.279. The Bertz CT molecular complexity index is 2130. The molecule has 56 heavy (non-hydrogen) atoms. The second-order valence-electron chi connectivity index (χ2n) is 15.7. The summed E-state index contributed by atoms with van der Waals surface area (Å²) in [5.41, 5.74) is 4.64. The standard InChI is InChI=1S/C48H54N4O4/c53-43-23-11-3-15-33(43)27-49-39-19-7-9-21-41(39)51-29-35-25-31-13-1-5-17-37(31)45(47(35)55)46-38-18-6-2-14-32(38)26-36(48(46)56)30-52-42-22-10-8-20-40(42)50-28-34-16-4-12-24-44(34)54/h1-6,11-18,23-26,39-42,49-56H,7-10,19-22,27-30H2/t39-,40-,41-,42-/m1/s1. The molecule has 0 amide bonds. The maximum Gasteiger partial charge on any atom is 0.128 e. The Labute approximate surface area is 329 Å². The molecule has 0 aromatic heterocycles. The molecule has 0 spiro atoms. The van der Waals surface area contributed by atoms with Crippen molar-refractivity contribution in [3.8, 4) is 34.1 Å². The van der Waals surface area contributed by atoms with Crippen LogP contribution in [0.4, 0.5) is 0 Å². The van der Waals surface area contributed by atoms with E-state index in [4.69, 9.17) is 0 Å². The first-order valence-electron chi connectivity index (χ1n) is 20.4. The van der Waals surface area contributed by atoms with Crippen molar-refractivity contribution < 1.29 is 20.4 Å². The highest BCUT2D eigenvalue weighted by Crippen LogP contribution is 2.47. The highest BCUT2D eigenvalue weighted by molar-refractivity contribution is 6.10. The van der Waals surface area contributed by atoms with Gasteiger partial charge in [0.15, 0.2) is 0 Å². The Morgan fingerprint density at radius 2 is 0.714 bits per heavy atom. The molecule has 290 valence electrons. The van der Waals surface area contributed by atoms with E-state index in [-0.39, 0.29) is 35.7 Å². The van der Waals surface area contributed by atoms with Crippen LogP contribution >= 0.6 is 0 Å². The molecule has 2 saturated carbocycles. The number of aromatic hydroxyl groups is 4. The van der Waals surface area contributed by atoms with Crippen LogP contribution in [0.2, 0.25) is 0 Å². The second kappa shape index (κ2) is 17.3. The van der Waals surface area contributed by atoms with Gasteiger partial charge in [-0.25, -0.2) is 0 Å². The molecule has 0 unspecified atom stereocenters. The summed E-state index contributed by atoms with van der Waals surface area (Å²) < 4.78 is 0. The zero-order chi connectivity index (χ0) is 38.4. The first-order chi connectivity index (χ1) is 27.4. The second-order valence-corrected chi connectivity index (χ2v) is 15.7. The fourth-order valence-corrected chi connectivity index (χ4v) is 9.09. The van der Waals surface area contributed by atoms with Gasteiger partial charge in [0.2, 0.25) is 0 Å². The van der Waals surface area contributed by atoms with Crippen molar-refractivity contribution in [2.45, 2.75) is 102 Å². The number of hydrogen-bond donors (Lipinski definition) is 8. The molecule has 8 N–H and O–H groups in total. The van der Waals surface area contributed by atoms with Crippen LogP contribution in [0.25, 0.3) is 32.7 Å². The van der Waals surface area contributed by atoms with Gasteiger partial charge in [0.25, 0.3) is 0 Å². The molecule has 0 bridgehead atoms. The van der Waals surface area contributed by atoms with Crippen LogP contribution < -0.4 is 21.3 Å². The lowest BCUT2D eigenvalue weighted by Crippen LogP contribution is -2.49.